The van der Waals surface area contributed by atoms with Crippen molar-refractivity contribution in [2.24, 2.45) is 11.1 Å². The predicted octanol–water partition coefficient (Wildman–Crippen LogP) is 4.77. The molecule has 0 bridgehead atoms. The summed E-state index contributed by atoms with van der Waals surface area (Å²) >= 11 is 5.87. The molecule has 2 fully saturated rings. The normalized spacial score (nSPS) is 24.8. The average molecular weight is 282 g/mol. The SMILES string of the molecule is NC1(c2cccc(Cl)c2F)CC2(CCCCCC2)C1. The highest BCUT2D eigenvalue weighted by atomic mass is 35.5. The highest BCUT2D eigenvalue weighted by Crippen LogP contribution is 2.59. The first-order valence-electron chi connectivity index (χ1n) is 7.28. The van der Waals surface area contributed by atoms with Gasteiger partial charge in [-0.15, -0.1) is 0 Å². The van der Waals surface area contributed by atoms with Crippen molar-refractivity contribution in [1.82, 2.24) is 0 Å². The maximum atomic E-state index is 14.1. The Morgan fingerprint density at radius 1 is 1.05 bits per heavy atom. The first kappa shape index (κ1) is 13.4. The third kappa shape index (κ3) is 2.30. The lowest BCUT2D eigenvalue weighted by Crippen LogP contribution is -2.55. The van der Waals surface area contributed by atoms with Crippen molar-refractivity contribution in [1.29, 1.82) is 0 Å². The monoisotopic (exact) mass is 281 g/mol. The van der Waals surface area contributed by atoms with Crippen molar-refractivity contribution in [3.8, 4) is 0 Å². The van der Waals surface area contributed by atoms with Crippen molar-refractivity contribution in [3.63, 3.8) is 0 Å². The second-order valence-corrected chi connectivity index (χ2v) is 6.93. The van der Waals surface area contributed by atoms with Gasteiger partial charge in [0, 0.05) is 11.1 Å². The van der Waals surface area contributed by atoms with Gasteiger partial charge in [-0.25, -0.2) is 4.39 Å². The second kappa shape index (κ2) is 4.75. The molecule has 0 heterocycles. The third-order valence-electron chi connectivity index (χ3n) is 5.03. The molecule has 1 nitrogen and oxygen atoms in total. The van der Waals surface area contributed by atoms with E-state index in [1.807, 2.05) is 0 Å². The minimum Gasteiger partial charge on any atom is -0.321 e. The molecule has 2 aliphatic rings. The minimum absolute atomic E-state index is 0.184. The van der Waals surface area contributed by atoms with Crippen LogP contribution in [0, 0.1) is 11.2 Å². The maximum absolute atomic E-state index is 14.1. The topological polar surface area (TPSA) is 26.0 Å². The average Bonchev–Trinajstić information content (AvgIpc) is 2.57. The second-order valence-electron chi connectivity index (χ2n) is 6.53. The minimum atomic E-state index is -0.501. The molecule has 19 heavy (non-hydrogen) atoms. The van der Waals surface area contributed by atoms with Gasteiger partial charge >= 0.3 is 0 Å². The largest absolute Gasteiger partial charge is 0.321 e. The lowest BCUT2D eigenvalue weighted by molar-refractivity contribution is 0.00763. The van der Waals surface area contributed by atoms with E-state index in [1.165, 1.54) is 38.5 Å². The Morgan fingerprint density at radius 2 is 1.68 bits per heavy atom. The predicted molar refractivity (Wildman–Crippen MR) is 76.6 cm³/mol. The van der Waals surface area contributed by atoms with Crippen LogP contribution in [-0.2, 0) is 5.54 Å². The summed E-state index contributed by atoms with van der Waals surface area (Å²) in [7, 11) is 0. The van der Waals surface area contributed by atoms with Crippen LogP contribution in [0.25, 0.3) is 0 Å². The van der Waals surface area contributed by atoms with Crippen LogP contribution in [0.3, 0.4) is 0 Å². The summed E-state index contributed by atoms with van der Waals surface area (Å²) < 4.78 is 14.1. The Kier molecular flexibility index (Phi) is 3.34. The number of nitrogens with two attached hydrogens (primary N) is 1. The van der Waals surface area contributed by atoms with Crippen LogP contribution in [0.5, 0.6) is 0 Å². The molecular weight excluding hydrogens is 261 g/mol. The van der Waals surface area contributed by atoms with Gasteiger partial charge in [-0.05, 0) is 37.2 Å². The molecule has 2 N–H and O–H groups in total. The van der Waals surface area contributed by atoms with E-state index in [4.69, 9.17) is 17.3 Å². The van der Waals surface area contributed by atoms with E-state index in [-0.39, 0.29) is 10.8 Å². The van der Waals surface area contributed by atoms with Gasteiger partial charge in [-0.3, -0.25) is 0 Å². The zero-order valence-corrected chi connectivity index (χ0v) is 12.0. The molecule has 0 atom stereocenters. The lowest BCUT2D eigenvalue weighted by Gasteiger charge is -2.55. The van der Waals surface area contributed by atoms with Gasteiger partial charge in [0.1, 0.15) is 5.82 Å². The zero-order chi connectivity index (χ0) is 13.5. The van der Waals surface area contributed by atoms with E-state index < -0.39 is 5.54 Å². The Morgan fingerprint density at radius 3 is 2.32 bits per heavy atom. The van der Waals surface area contributed by atoms with E-state index >= 15 is 0 Å². The Balaban J connectivity index is 1.82. The van der Waals surface area contributed by atoms with Crippen LogP contribution in [0.2, 0.25) is 5.02 Å². The van der Waals surface area contributed by atoms with Gasteiger partial charge in [0.05, 0.1) is 5.02 Å². The summed E-state index contributed by atoms with van der Waals surface area (Å²) in [6.45, 7) is 0. The first-order valence-corrected chi connectivity index (χ1v) is 7.66. The molecule has 0 aromatic heterocycles. The molecule has 3 rings (SSSR count). The van der Waals surface area contributed by atoms with Crippen LogP contribution in [0.1, 0.15) is 56.9 Å². The van der Waals surface area contributed by atoms with E-state index in [0.29, 0.717) is 11.0 Å². The van der Waals surface area contributed by atoms with Gasteiger partial charge in [0.15, 0.2) is 0 Å². The summed E-state index contributed by atoms with van der Waals surface area (Å²) in [6.07, 6.45) is 9.62. The summed E-state index contributed by atoms with van der Waals surface area (Å²) in [6, 6.07) is 5.18. The fraction of sp³-hybridized carbons (Fsp3) is 0.625. The molecule has 2 aliphatic carbocycles. The smallest absolute Gasteiger partial charge is 0.146 e. The zero-order valence-electron chi connectivity index (χ0n) is 11.2. The Labute approximate surface area is 119 Å². The van der Waals surface area contributed by atoms with Crippen LogP contribution >= 0.6 is 11.6 Å². The van der Waals surface area contributed by atoms with E-state index in [1.54, 1.807) is 18.2 Å². The molecule has 1 aromatic rings. The van der Waals surface area contributed by atoms with Crippen molar-refractivity contribution in [2.45, 2.75) is 56.9 Å². The maximum Gasteiger partial charge on any atom is 0.146 e. The number of halogens is 2. The molecular formula is C16H21ClFN. The molecule has 0 aliphatic heterocycles. The van der Waals surface area contributed by atoms with Gasteiger partial charge in [0.25, 0.3) is 0 Å². The first-order chi connectivity index (χ1) is 9.05. The molecule has 0 amide bonds. The molecule has 2 saturated carbocycles. The molecule has 3 heteroatoms. The van der Waals surface area contributed by atoms with Crippen LogP contribution < -0.4 is 5.73 Å². The molecule has 0 unspecified atom stereocenters. The fourth-order valence-electron chi connectivity index (χ4n) is 4.20. The van der Waals surface area contributed by atoms with Crippen LogP contribution in [0.4, 0.5) is 4.39 Å². The molecule has 104 valence electrons. The number of benzene rings is 1. The molecule has 0 saturated heterocycles. The van der Waals surface area contributed by atoms with Crippen molar-refractivity contribution in [2.75, 3.05) is 0 Å². The van der Waals surface area contributed by atoms with Crippen molar-refractivity contribution < 1.29 is 4.39 Å². The van der Waals surface area contributed by atoms with Gasteiger partial charge in [-0.2, -0.15) is 0 Å². The van der Waals surface area contributed by atoms with Crippen molar-refractivity contribution >= 4 is 11.6 Å². The molecule has 1 spiro atoms. The number of hydrogen-bond acceptors (Lipinski definition) is 1. The quantitative estimate of drug-likeness (QED) is 0.788. The Bertz CT molecular complexity index is 470. The third-order valence-corrected chi connectivity index (χ3v) is 5.33. The molecule has 0 radical (unpaired) electrons. The van der Waals surface area contributed by atoms with Gasteiger partial charge in [-0.1, -0.05) is 49.4 Å². The van der Waals surface area contributed by atoms with E-state index in [2.05, 4.69) is 0 Å². The summed E-state index contributed by atoms with van der Waals surface area (Å²) in [5, 5.41) is 0.184. The highest BCUT2D eigenvalue weighted by Gasteiger charge is 2.53. The van der Waals surface area contributed by atoms with E-state index in [9.17, 15) is 4.39 Å². The highest BCUT2D eigenvalue weighted by molar-refractivity contribution is 6.30. The Hall–Kier alpha value is -0.600. The number of rotatable bonds is 1. The van der Waals surface area contributed by atoms with Crippen molar-refractivity contribution in [3.05, 3.63) is 34.6 Å². The number of hydrogen-bond donors (Lipinski definition) is 1. The van der Waals surface area contributed by atoms with Gasteiger partial charge in [0.2, 0.25) is 0 Å². The lowest BCUT2D eigenvalue weighted by atomic mass is 9.52. The molecule has 1 aromatic carbocycles. The van der Waals surface area contributed by atoms with Crippen LogP contribution in [-0.4, -0.2) is 0 Å². The summed E-state index contributed by atoms with van der Waals surface area (Å²) in [4.78, 5) is 0. The van der Waals surface area contributed by atoms with E-state index in [0.717, 1.165) is 12.8 Å². The summed E-state index contributed by atoms with van der Waals surface area (Å²) in [5.41, 5.74) is 6.93. The van der Waals surface area contributed by atoms with Gasteiger partial charge < -0.3 is 5.73 Å². The van der Waals surface area contributed by atoms with Crippen LogP contribution in [0.15, 0.2) is 18.2 Å². The summed E-state index contributed by atoms with van der Waals surface area (Å²) in [5.74, 6) is -0.324. The fourth-order valence-corrected chi connectivity index (χ4v) is 4.37. The standard InChI is InChI=1S/C16H21ClFN/c17-13-7-5-6-12(14(13)18)16(19)10-15(11-16)8-3-1-2-4-9-15/h5-7H,1-4,8-11,19H2.